The largest absolute Gasteiger partial charge is 0.573 e. The van der Waals surface area contributed by atoms with Gasteiger partial charge in [0.05, 0.1) is 5.56 Å². The zero-order valence-corrected chi connectivity index (χ0v) is 22.9. The van der Waals surface area contributed by atoms with Gasteiger partial charge >= 0.3 is 12.3 Å². The zero-order chi connectivity index (χ0) is 28.1. The number of nitrogens with zero attached hydrogens (tertiary/aromatic N) is 1. The van der Waals surface area contributed by atoms with Crippen molar-refractivity contribution in [1.29, 1.82) is 0 Å². The summed E-state index contributed by atoms with van der Waals surface area (Å²) in [6.45, 7) is 5.83. The summed E-state index contributed by atoms with van der Waals surface area (Å²) in [6.07, 6.45) is 0.301. The average molecular weight is 570 g/mol. The van der Waals surface area contributed by atoms with E-state index in [-0.39, 0.29) is 34.5 Å². The van der Waals surface area contributed by atoms with E-state index in [4.69, 9.17) is 21.1 Å². The molecular weight excluding hydrogens is 538 g/mol. The third-order valence-corrected chi connectivity index (χ3v) is 7.66. The number of rotatable bonds is 7. The Labute approximate surface area is 230 Å². The standard InChI is InChI=1S/C29H32ClF4NO4/c1-28(2,3)39-27(36)25-14-24(16-4-5-16)17(8-26(25)31)15-35-19-6-7-20(35)12-22(11-19)37-21-9-18(30)10-23(13-21)38-29(32,33)34/h8-10,13-14,16,19-20,22H,4-7,11-12,15H2,1-3H3/t19-,20+,22+. The molecule has 1 aliphatic carbocycles. The van der Waals surface area contributed by atoms with Crippen molar-refractivity contribution in [2.45, 2.75) is 102 Å². The minimum atomic E-state index is -4.82. The van der Waals surface area contributed by atoms with Crippen molar-refractivity contribution in [2.24, 2.45) is 0 Å². The van der Waals surface area contributed by atoms with Gasteiger partial charge in [-0.3, -0.25) is 4.90 Å². The van der Waals surface area contributed by atoms with Crippen LogP contribution in [0.15, 0.2) is 30.3 Å². The number of ether oxygens (including phenoxy) is 3. The van der Waals surface area contributed by atoms with Crippen molar-refractivity contribution < 1.29 is 36.6 Å². The van der Waals surface area contributed by atoms with Crippen LogP contribution in [0, 0.1) is 5.82 Å². The van der Waals surface area contributed by atoms with Gasteiger partial charge in [0.2, 0.25) is 0 Å². The van der Waals surface area contributed by atoms with Crippen molar-refractivity contribution >= 4 is 17.6 Å². The van der Waals surface area contributed by atoms with Crippen molar-refractivity contribution in [3.63, 3.8) is 0 Å². The number of halogens is 5. The Kier molecular flexibility index (Phi) is 7.52. The van der Waals surface area contributed by atoms with E-state index in [1.807, 2.05) is 0 Å². The Morgan fingerprint density at radius 1 is 0.974 bits per heavy atom. The summed E-state index contributed by atoms with van der Waals surface area (Å²) >= 11 is 6.00. The summed E-state index contributed by atoms with van der Waals surface area (Å²) in [4.78, 5) is 15.0. The van der Waals surface area contributed by atoms with Crippen LogP contribution >= 0.6 is 11.6 Å². The molecule has 10 heteroatoms. The van der Waals surface area contributed by atoms with Gasteiger partial charge in [-0.2, -0.15) is 0 Å². The molecule has 5 rings (SSSR count). The van der Waals surface area contributed by atoms with Gasteiger partial charge in [-0.25, -0.2) is 9.18 Å². The molecule has 2 aromatic rings. The van der Waals surface area contributed by atoms with Crippen molar-refractivity contribution in [1.82, 2.24) is 4.90 Å². The summed E-state index contributed by atoms with van der Waals surface area (Å²) in [5, 5.41) is 0.0941. The summed E-state index contributed by atoms with van der Waals surface area (Å²) < 4.78 is 68.7. The minimum absolute atomic E-state index is 0.0268. The van der Waals surface area contributed by atoms with Crippen LogP contribution in [0.4, 0.5) is 17.6 Å². The quantitative estimate of drug-likeness (QED) is 0.252. The second kappa shape index (κ2) is 10.5. The number of piperidine rings is 1. The molecule has 2 saturated heterocycles. The Hall–Kier alpha value is -2.52. The van der Waals surface area contributed by atoms with Crippen LogP contribution in [0.1, 0.15) is 86.7 Å². The molecule has 2 aliphatic heterocycles. The van der Waals surface area contributed by atoms with Gasteiger partial charge in [0.1, 0.15) is 29.0 Å². The van der Waals surface area contributed by atoms with Crippen LogP contribution in [0.3, 0.4) is 0 Å². The highest BCUT2D eigenvalue weighted by Gasteiger charge is 2.42. The van der Waals surface area contributed by atoms with E-state index in [2.05, 4.69) is 9.64 Å². The number of esters is 1. The summed E-state index contributed by atoms with van der Waals surface area (Å²) in [7, 11) is 0. The van der Waals surface area contributed by atoms with Gasteiger partial charge in [-0.1, -0.05) is 11.6 Å². The van der Waals surface area contributed by atoms with Crippen molar-refractivity contribution in [3.05, 3.63) is 57.9 Å². The second-order valence-electron chi connectivity index (χ2n) is 11.7. The maximum absolute atomic E-state index is 15.1. The fourth-order valence-corrected chi connectivity index (χ4v) is 6.01. The molecule has 39 heavy (non-hydrogen) atoms. The lowest BCUT2D eigenvalue weighted by atomic mass is 9.95. The van der Waals surface area contributed by atoms with Gasteiger partial charge in [-0.05, 0) is 101 Å². The Bertz CT molecular complexity index is 1230. The molecule has 2 aromatic carbocycles. The fraction of sp³-hybridized carbons (Fsp3) is 0.552. The maximum Gasteiger partial charge on any atom is 0.573 e. The first-order valence-corrected chi connectivity index (χ1v) is 13.7. The molecule has 0 spiro atoms. The first-order valence-electron chi connectivity index (χ1n) is 13.3. The van der Waals surface area contributed by atoms with Gasteiger partial charge < -0.3 is 14.2 Å². The number of carbonyl (C=O) groups excluding carboxylic acids is 1. The highest BCUT2D eigenvalue weighted by Crippen LogP contribution is 2.45. The van der Waals surface area contributed by atoms with Crippen molar-refractivity contribution in [2.75, 3.05) is 0 Å². The molecule has 5 nitrogen and oxygen atoms in total. The molecule has 2 heterocycles. The van der Waals surface area contributed by atoms with E-state index >= 15 is 4.39 Å². The lowest BCUT2D eigenvalue weighted by molar-refractivity contribution is -0.274. The SMILES string of the molecule is CC(C)(C)OC(=O)c1cc(C2CC2)c(CN2[C@@H]3CC[C@H]2C[C@@H](Oc2cc(Cl)cc(OC(F)(F)F)c2)C3)cc1F. The molecule has 2 bridgehead atoms. The monoisotopic (exact) mass is 569 g/mol. The molecule has 3 fully saturated rings. The molecule has 3 aliphatic rings. The first kappa shape index (κ1) is 28.0. The van der Waals surface area contributed by atoms with Crippen LogP contribution < -0.4 is 9.47 Å². The normalized spacial score (nSPS) is 23.5. The molecule has 0 radical (unpaired) electrons. The van der Waals surface area contributed by atoms with Crippen molar-refractivity contribution in [3.8, 4) is 11.5 Å². The number of benzene rings is 2. The fourth-order valence-electron chi connectivity index (χ4n) is 5.80. The summed E-state index contributed by atoms with van der Waals surface area (Å²) in [6, 6.07) is 7.33. The zero-order valence-electron chi connectivity index (χ0n) is 22.1. The van der Waals surface area contributed by atoms with Crippen LogP contribution in [-0.4, -0.2) is 41.0 Å². The Balaban J connectivity index is 1.29. The van der Waals surface area contributed by atoms with E-state index in [0.29, 0.717) is 25.3 Å². The van der Waals surface area contributed by atoms with Gasteiger partial charge in [0.25, 0.3) is 0 Å². The molecule has 0 aromatic heterocycles. The Morgan fingerprint density at radius 2 is 1.62 bits per heavy atom. The van der Waals surface area contributed by atoms with E-state index in [1.54, 1.807) is 26.8 Å². The first-order chi connectivity index (χ1) is 18.2. The molecule has 0 N–H and O–H groups in total. The van der Waals surface area contributed by atoms with E-state index in [1.165, 1.54) is 18.2 Å². The van der Waals surface area contributed by atoms with Gasteiger partial charge in [-0.15, -0.1) is 13.2 Å². The predicted octanol–water partition coefficient (Wildman–Crippen LogP) is 7.78. The van der Waals surface area contributed by atoms with E-state index < -0.39 is 29.5 Å². The number of alkyl halides is 3. The molecule has 0 amide bonds. The topological polar surface area (TPSA) is 48.0 Å². The third kappa shape index (κ3) is 6.98. The maximum atomic E-state index is 15.1. The second-order valence-corrected chi connectivity index (χ2v) is 12.2. The third-order valence-electron chi connectivity index (χ3n) is 7.44. The molecular formula is C29H32ClF4NO4. The highest BCUT2D eigenvalue weighted by atomic mass is 35.5. The average Bonchev–Trinajstić information content (AvgIpc) is 3.58. The number of fused-ring (bicyclic) bond motifs is 2. The lowest BCUT2D eigenvalue weighted by Gasteiger charge is -2.39. The summed E-state index contributed by atoms with van der Waals surface area (Å²) in [5.74, 6) is -1.11. The van der Waals surface area contributed by atoms with E-state index in [9.17, 15) is 18.0 Å². The highest BCUT2D eigenvalue weighted by molar-refractivity contribution is 6.30. The van der Waals surface area contributed by atoms with Crippen LogP contribution in [-0.2, 0) is 11.3 Å². The minimum Gasteiger partial charge on any atom is -0.490 e. The van der Waals surface area contributed by atoms with Crippen LogP contribution in [0.2, 0.25) is 5.02 Å². The number of carbonyl (C=O) groups is 1. The molecule has 3 atom stereocenters. The molecule has 1 saturated carbocycles. The van der Waals surface area contributed by atoms with Gasteiger partial charge in [0, 0.05) is 29.7 Å². The predicted molar refractivity (Wildman–Crippen MR) is 138 cm³/mol. The molecule has 212 valence electrons. The molecule has 0 unspecified atom stereocenters. The van der Waals surface area contributed by atoms with Gasteiger partial charge in [0.15, 0.2) is 0 Å². The number of hydrogen-bond donors (Lipinski definition) is 0. The number of hydrogen-bond acceptors (Lipinski definition) is 5. The van der Waals surface area contributed by atoms with Crippen LogP contribution in [0.5, 0.6) is 11.5 Å². The lowest BCUT2D eigenvalue weighted by Crippen LogP contribution is -2.45. The van der Waals surface area contributed by atoms with Crippen LogP contribution in [0.25, 0.3) is 0 Å². The smallest absolute Gasteiger partial charge is 0.490 e. The Morgan fingerprint density at radius 3 is 2.21 bits per heavy atom. The summed E-state index contributed by atoms with van der Waals surface area (Å²) in [5.41, 5.74) is 1.15. The van der Waals surface area contributed by atoms with E-state index in [0.717, 1.165) is 42.9 Å².